The molecule has 0 amide bonds. The number of aliphatic hydroxyl groups is 3. The standard InChI is InChI=1S/C20H20O7/c1-20(2)19(25)17(24)16-14(27-20)8-12(23)15-11(22)7-13(26-18(15)16)9-3-5-10(21)6-4-9/h3-8,11,17,19,21-25H,1-2H3/t11-,17-,19-/m0/s1. The van der Waals surface area contributed by atoms with Crippen molar-refractivity contribution in [3.63, 3.8) is 0 Å². The maximum absolute atomic E-state index is 10.7. The zero-order valence-electron chi connectivity index (χ0n) is 14.7. The van der Waals surface area contributed by atoms with Crippen LogP contribution in [0.4, 0.5) is 0 Å². The fourth-order valence-corrected chi connectivity index (χ4v) is 3.45. The molecule has 0 fully saturated rings. The minimum atomic E-state index is -1.33. The molecular formula is C20H20O7. The molecule has 3 atom stereocenters. The van der Waals surface area contributed by atoms with Gasteiger partial charge in [-0.15, -0.1) is 0 Å². The number of hydrogen-bond acceptors (Lipinski definition) is 7. The van der Waals surface area contributed by atoms with Crippen LogP contribution < -0.4 is 9.47 Å². The van der Waals surface area contributed by atoms with Crippen LogP contribution in [0.25, 0.3) is 5.76 Å². The van der Waals surface area contributed by atoms with Crippen molar-refractivity contribution in [1.29, 1.82) is 0 Å². The van der Waals surface area contributed by atoms with Gasteiger partial charge in [-0.05, 0) is 44.2 Å². The van der Waals surface area contributed by atoms with Gasteiger partial charge in [-0.3, -0.25) is 0 Å². The number of hydrogen-bond donors (Lipinski definition) is 5. The Kier molecular flexibility index (Phi) is 3.85. The summed E-state index contributed by atoms with van der Waals surface area (Å²) in [6.07, 6.45) is -2.34. The highest BCUT2D eigenvalue weighted by atomic mass is 16.5. The van der Waals surface area contributed by atoms with Crippen molar-refractivity contribution in [2.24, 2.45) is 0 Å². The predicted octanol–water partition coefficient (Wildman–Crippen LogP) is 2.13. The second kappa shape index (κ2) is 5.88. The molecule has 0 radical (unpaired) electrons. The molecule has 7 heteroatoms. The average Bonchev–Trinajstić information content (AvgIpc) is 2.59. The van der Waals surface area contributed by atoms with E-state index in [9.17, 15) is 25.5 Å². The van der Waals surface area contributed by atoms with E-state index in [4.69, 9.17) is 9.47 Å². The normalized spacial score (nSPS) is 25.5. The van der Waals surface area contributed by atoms with E-state index in [0.717, 1.165) is 0 Å². The molecular weight excluding hydrogens is 352 g/mol. The number of phenols is 2. The minimum absolute atomic E-state index is 0.0464. The average molecular weight is 372 g/mol. The van der Waals surface area contributed by atoms with E-state index in [2.05, 4.69) is 0 Å². The highest BCUT2D eigenvalue weighted by Crippen LogP contribution is 2.53. The van der Waals surface area contributed by atoms with E-state index >= 15 is 0 Å². The van der Waals surface area contributed by atoms with E-state index in [1.54, 1.807) is 26.0 Å². The van der Waals surface area contributed by atoms with Gasteiger partial charge in [0.05, 0.1) is 11.1 Å². The van der Waals surface area contributed by atoms with E-state index in [-0.39, 0.29) is 39.9 Å². The van der Waals surface area contributed by atoms with Crippen molar-refractivity contribution >= 4 is 5.76 Å². The van der Waals surface area contributed by atoms with Crippen molar-refractivity contribution in [3.05, 3.63) is 53.1 Å². The fourth-order valence-electron chi connectivity index (χ4n) is 3.45. The summed E-state index contributed by atoms with van der Waals surface area (Å²) in [6, 6.07) is 7.47. The van der Waals surface area contributed by atoms with Crippen LogP contribution in [0.1, 0.15) is 42.7 Å². The van der Waals surface area contributed by atoms with Gasteiger partial charge in [0.1, 0.15) is 52.7 Å². The Morgan fingerprint density at radius 2 is 1.63 bits per heavy atom. The topological polar surface area (TPSA) is 120 Å². The summed E-state index contributed by atoms with van der Waals surface area (Å²) in [5, 5.41) is 51.4. The van der Waals surface area contributed by atoms with Crippen molar-refractivity contribution < 1.29 is 35.0 Å². The van der Waals surface area contributed by atoms with Gasteiger partial charge in [0.2, 0.25) is 0 Å². The lowest BCUT2D eigenvalue weighted by atomic mass is 9.85. The molecule has 142 valence electrons. The van der Waals surface area contributed by atoms with E-state index in [1.165, 1.54) is 24.3 Å². The van der Waals surface area contributed by atoms with Gasteiger partial charge in [0.25, 0.3) is 0 Å². The monoisotopic (exact) mass is 372 g/mol. The highest BCUT2D eigenvalue weighted by molar-refractivity contribution is 5.71. The smallest absolute Gasteiger partial charge is 0.146 e. The molecule has 0 saturated heterocycles. The predicted molar refractivity (Wildman–Crippen MR) is 95.5 cm³/mol. The molecule has 0 aliphatic carbocycles. The summed E-state index contributed by atoms with van der Waals surface area (Å²) in [7, 11) is 0. The molecule has 5 N–H and O–H groups in total. The molecule has 0 spiro atoms. The first-order chi connectivity index (χ1) is 12.7. The zero-order chi connectivity index (χ0) is 19.5. The maximum atomic E-state index is 10.7. The first kappa shape index (κ1) is 17.7. The summed E-state index contributed by atoms with van der Waals surface area (Å²) in [4.78, 5) is 0. The van der Waals surface area contributed by atoms with Gasteiger partial charge in [0, 0.05) is 11.6 Å². The van der Waals surface area contributed by atoms with Gasteiger partial charge >= 0.3 is 0 Å². The summed E-state index contributed by atoms with van der Waals surface area (Å²) >= 11 is 0. The maximum Gasteiger partial charge on any atom is 0.146 e. The number of rotatable bonds is 1. The van der Waals surface area contributed by atoms with Crippen LogP contribution in [0.3, 0.4) is 0 Å². The molecule has 2 aromatic rings. The number of aliphatic hydroxyl groups excluding tert-OH is 3. The van der Waals surface area contributed by atoms with Crippen LogP contribution in [-0.4, -0.2) is 37.2 Å². The minimum Gasteiger partial charge on any atom is -0.508 e. The second-order valence-electron chi connectivity index (χ2n) is 7.27. The van der Waals surface area contributed by atoms with Crippen molar-refractivity contribution in [1.82, 2.24) is 0 Å². The highest BCUT2D eigenvalue weighted by Gasteiger charge is 2.46. The lowest BCUT2D eigenvalue weighted by molar-refractivity contribution is -0.112. The zero-order valence-corrected chi connectivity index (χ0v) is 14.7. The van der Waals surface area contributed by atoms with Gasteiger partial charge in [-0.2, -0.15) is 0 Å². The Balaban J connectivity index is 1.86. The van der Waals surface area contributed by atoms with E-state index in [0.29, 0.717) is 5.56 Å². The fraction of sp³-hybridized carbons (Fsp3) is 0.300. The first-order valence-corrected chi connectivity index (χ1v) is 8.51. The third-order valence-corrected chi connectivity index (χ3v) is 4.95. The van der Waals surface area contributed by atoms with Crippen LogP contribution in [0, 0.1) is 0 Å². The van der Waals surface area contributed by atoms with Gasteiger partial charge in [-0.25, -0.2) is 0 Å². The molecule has 0 bridgehead atoms. The Morgan fingerprint density at radius 1 is 0.963 bits per heavy atom. The first-order valence-electron chi connectivity index (χ1n) is 8.51. The van der Waals surface area contributed by atoms with E-state index < -0.39 is 23.9 Å². The molecule has 2 aliphatic rings. The number of benzene rings is 2. The largest absolute Gasteiger partial charge is 0.508 e. The van der Waals surface area contributed by atoms with Crippen LogP contribution in [0.2, 0.25) is 0 Å². The van der Waals surface area contributed by atoms with Crippen LogP contribution in [-0.2, 0) is 0 Å². The summed E-state index contributed by atoms with van der Waals surface area (Å²) in [5.74, 6) is 0.351. The Hall–Kier alpha value is -2.74. The molecule has 2 aromatic carbocycles. The Labute approximate surface area is 155 Å². The SMILES string of the molecule is CC1(C)Oc2cc(O)c3c(c2[C@H](O)[C@@H]1O)OC(c1ccc(O)cc1)=C[C@@H]3O. The lowest BCUT2D eigenvalue weighted by Crippen LogP contribution is -2.49. The molecule has 7 nitrogen and oxygen atoms in total. The number of ether oxygens (including phenoxy) is 2. The van der Waals surface area contributed by atoms with Gasteiger partial charge < -0.3 is 35.0 Å². The molecule has 27 heavy (non-hydrogen) atoms. The molecule has 0 saturated carbocycles. The number of aromatic hydroxyl groups is 2. The van der Waals surface area contributed by atoms with Gasteiger partial charge in [0.15, 0.2) is 0 Å². The van der Waals surface area contributed by atoms with Gasteiger partial charge in [-0.1, -0.05) is 0 Å². The summed E-state index contributed by atoms with van der Waals surface area (Å²) in [6.45, 7) is 3.25. The van der Waals surface area contributed by atoms with Crippen LogP contribution >= 0.6 is 0 Å². The summed E-state index contributed by atoms with van der Waals surface area (Å²) in [5.41, 5.74) is -0.235. The lowest BCUT2D eigenvalue weighted by Gasteiger charge is -2.41. The molecule has 2 heterocycles. The molecule has 2 aliphatic heterocycles. The third-order valence-electron chi connectivity index (χ3n) is 4.95. The second-order valence-corrected chi connectivity index (χ2v) is 7.27. The van der Waals surface area contributed by atoms with Crippen molar-refractivity contribution in [2.75, 3.05) is 0 Å². The molecule has 4 rings (SSSR count). The van der Waals surface area contributed by atoms with Crippen LogP contribution in [0.5, 0.6) is 23.0 Å². The van der Waals surface area contributed by atoms with Crippen molar-refractivity contribution in [2.45, 2.75) is 37.8 Å². The van der Waals surface area contributed by atoms with E-state index in [1.807, 2.05) is 0 Å². The number of phenolic OH excluding ortho intramolecular Hbond substituents is 2. The third kappa shape index (κ3) is 2.71. The Morgan fingerprint density at radius 3 is 2.30 bits per heavy atom. The van der Waals surface area contributed by atoms with Crippen molar-refractivity contribution in [3.8, 4) is 23.0 Å². The quantitative estimate of drug-likeness (QED) is 0.520. The summed E-state index contributed by atoms with van der Waals surface area (Å²) < 4.78 is 11.7. The molecule has 0 unspecified atom stereocenters. The number of fused-ring (bicyclic) bond motifs is 3. The van der Waals surface area contributed by atoms with Crippen LogP contribution in [0.15, 0.2) is 36.4 Å². The molecule has 0 aromatic heterocycles. The Bertz CT molecular complexity index is 930.